The van der Waals surface area contributed by atoms with Crippen LogP contribution in [0, 0.1) is 10.1 Å². The maximum absolute atomic E-state index is 10.7. The molecule has 0 atom stereocenters. The zero-order valence-corrected chi connectivity index (χ0v) is 10.0. The minimum atomic E-state index is -0.499. The van der Waals surface area contributed by atoms with E-state index in [0.29, 0.717) is 0 Å². The van der Waals surface area contributed by atoms with Gasteiger partial charge in [0.2, 0.25) is 5.82 Å². The Morgan fingerprint density at radius 3 is 2.89 bits per heavy atom. The van der Waals surface area contributed by atoms with Crippen molar-refractivity contribution < 1.29 is 9.66 Å². The number of nitrogen functional groups attached to an aromatic ring is 1. The van der Waals surface area contributed by atoms with Crippen molar-refractivity contribution in [3.63, 3.8) is 0 Å². The van der Waals surface area contributed by atoms with Gasteiger partial charge in [0.05, 0.1) is 18.1 Å². The lowest BCUT2D eigenvalue weighted by atomic mass is 10.2. The summed E-state index contributed by atoms with van der Waals surface area (Å²) >= 11 is 0. The van der Waals surface area contributed by atoms with Gasteiger partial charge in [0, 0.05) is 31.9 Å². The summed E-state index contributed by atoms with van der Waals surface area (Å²) in [6, 6.07) is 1.50. The summed E-state index contributed by atoms with van der Waals surface area (Å²) in [5.74, 6) is -0.0323. The largest absolute Gasteiger partial charge is 0.379 e. The number of rotatable bonds is 4. The van der Waals surface area contributed by atoms with Crippen molar-refractivity contribution in [2.24, 2.45) is 0 Å². The van der Waals surface area contributed by atoms with E-state index in [4.69, 9.17) is 10.5 Å². The van der Waals surface area contributed by atoms with Crippen molar-refractivity contribution in [2.45, 2.75) is 6.42 Å². The van der Waals surface area contributed by atoms with Crippen LogP contribution in [0.15, 0.2) is 12.3 Å². The summed E-state index contributed by atoms with van der Waals surface area (Å²) in [5, 5.41) is 10.7. The second kappa shape index (κ2) is 5.74. The Morgan fingerprint density at radius 1 is 1.50 bits per heavy atom. The molecular formula is C11H16N4O3. The molecule has 2 heterocycles. The van der Waals surface area contributed by atoms with Crippen LogP contribution in [0.4, 0.5) is 11.5 Å². The first-order valence-electron chi connectivity index (χ1n) is 5.85. The van der Waals surface area contributed by atoms with Gasteiger partial charge in [0.25, 0.3) is 0 Å². The number of nitrogens with zero attached hydrogens (tertiary/aromatic N) is 3. The maximum Gasteiger partial charge on any atom is 0.311 e. The molecular weight excluding hydrogens is 236 g/mol. The Labute approximate surface area is 105 Å². The Balaban J connectivity index is 1.96. The Kier molecular flexibility index (Phi) is 4.06. The number of hydrogen-bond donors (Lipinski definition) is 1. The molecule has 0 radical (unpaired) electrons. The van der Waals surface area contributed by atoms with E-state index >= 15 is 0 Å². The number of nitrogens with two attached hydrogens (primary N) is 1. The first-order chi connectivity index (χ1) is 8.66. The zero-order chi connectivity index (χ0) is 13.0. The van der Waals surface area contributed by atoms with Crippen LogP contribution in [0.1, 0.15) is 5.56 Å². The molecule has 1 saturated heterocycles. The summed E-state index contributed by atoms with van der Waals surface area (Å²) in [7, 11) is 0. The summed E-state index contributed by atoms with van der Waals surface area (Å²) in [6.07, 6.45) is 2.33. The lowest BCUT2D eigenvalue weighted by molar-refractivity contribution is -0.384. The highest BCUT2D eigenvalue weighted by atomic mass is 16.6. The molecule has 0 amide bonds. The molecule has 7 nitrogen and oxygen atoms in total. The minimum absolute atomic E-state index is 0.0323. The van der Waals surface area contributed by atoms with Crippen LogP contribution in [0.2, 0.25) is 0 Å². The molecule has 1 aromatic rings. The molecule has 18 heavy (non-hydrogen) atoms. The Bertz CT molecular complexity index is 432. The van der Waals surface area contributed by atoms with Crippen LogP contribution in [0.3, 0.4) is 0 Å². The van der Waals surface area contributed by atoms with E-state index in [2.05, 4.69) is 9.88 Å². The van der Waals surface area contributed by atoms with E-state index in [0.717, 1.165) is 44.8 Å². The van der Waals surface area contributed by atoms with Gasteiger partial charge in [-0.05, 0) is 12.0 Å². The lowest BCUT2D eigenvalue weighted by Gasteiger charge is -2.26. The summed E-state index contributed by atoms with van der Waals surface area (Å²) in [6.45, 7) is 4.17. The number of morpholine rings is 1. The smallest absolute Gasteiger partial charge is 0.311 e. The van der Waals surface area contributed by atoms with Crippen LogP contribution in [0.5, 0.6) is 0 Å². The molecule has 0 unspecified atom stereocenters. The fourth-order valence-electron chi connectivity index (χ4n) is 1.90. The monoisotopic (exact) mass is 252 g/mol. The normalized spacial score (nSPS) is 16.7. The number of anilines is 1. The molecule has 1 aromatic heterocycles. The van der Waals surface area contributed by atoms with Crippen LogP contribution in [-0.2, 0) is 11.2 Å². The lowest BCUT2D eigenvalue weighted by Crippen LogP contribution is -2.37. The second-order valence-electron chi connectivity index (χ2n) is 4.21. The van der Waals surface area contributed by atoms with Crippen molar-refractivity contribution in [1.82, 2.24) is 9.88 Å². The number of hydrogen-bond acceptors (Lipinski definition) is 6. The third kappa shape index (κ3) is 3.14. The van der Waals surface area contributed by atoms with Crippen molar-refractivity contribution in [1.29, 1.82) is 0 Å². The van der Waals surface area contributed by atoms with Gasteiger partial charge in [0.15, 0.2) is 0 Å². The molecule has 1 fully saturated rings. The van der Waals surface area contributed by atoms with Crippen molar-refractivity contribution in [3.8, 4) is 0 Å². The molecule has 7 heteroatoms. The fourth-order valence-corrected chi connectivity index (χ4v) is 1.90. The topological polar surface area (TPSA) is 94.5 Å². The summed E-state index contributed by atoms with van der Waals surface area (Å²) < 4.78 is 5.26. The molecule has 2 rings (SSSR count). The molecule has 0 aromatic carbocycles. The Hall–Kier alpha value is -1.73. The van der Waals surface area contributed by atoms with E-state index in [9.17, 15) is 10.1 Å². The molecule has 0 spiro atoms. The average Bonchev–Trinajstić information content (AvgIpc) is 2.38. The highest BCUT2D eigenvalue weighted by Gasteiger charge is 2.15. The second-order valence-corrected chi connectivity index (χ2v) is 4.21. The summed E-state index contributed by atoms with van der Waals surface area (Å²) in [5.41, 5.74) is 6.17. The highest BCUT2D eigenvalue weighted by Crippen LogP contribution is 2.19. The van der Waals surface area contributed by atoms with E-state index in [1.165, 1.54) is 6.07 Å². The van der Waals surface area contributed by atoms with E-state index < -0.39 is 4.92 Å². The van der Waals surface area contributed by atoms with E-state index in [1.54, 1.807) is 6.20 Å². The van der Waals surface area contributed by atoms with Crippen LogP contribution in [0.25, 0.3) is 0 Å². The number of ether oxygens (including phenoxy) is 1. The third-order valence-corrected chi connectivity index (χ3v) is 2.97. The van der Waals surface area contributed by atoms with Crippen LogP contribution >= 0.6 is 0 Å². The van der Waals surface area contributed by atoms with E-state index in [-0.39, 0.29) is 11.5 Å². The molecule has 0 bridgehead atoms. The average molecular weight is 252 g/mol. The van der Waals surface area contributed by atoms with Gasteiger partial charge in [0.1, 0.15) is 0 Å². The molecule has 2 N–H and O–H groups in total. The standard InChI is InChI=1S/C11H16N4O3/c12-11-10(15(16)17)7-9(8-13-11)1-2-14-3-5-18-6-4-14/h7-8H,1-6H2,(H2,12,13). The van der Waals surface area contributed by atoms with Crippen LogP contribution in [-0.4, -0.2) is 47.7 Å². The summed E-state index contributed by atoms with van der Waals surface area (Å²) in [4.78, 5) is 16.4. The van der Waals surface area contributed by atoms with Gasteiger partial charge in [-0.25, -0.2) is 4.98 Å². The van der Waals surface area contributed by atoms with Gasteiger partial charge in [-0.1, -0.05) is 0 Å². The predicted molar refractivity (Wildman–Crippen MR) is 66.3 cm³/mol. The van der Waals surface area contributed by atoms with Crippen molar-refractivity contribution in [3.05, 3.63) is 27.9 Å². The van der Waals surface area contributed by atoms with Gasteiger partial charge in [-0.15, -0.1) is 0 Å². The van der Waals surface area contributed by atoms with Gasteiger partial charge >= 0.3 is 5.69 Å². The predicted octanol–water partition coefficient (Wildman–Crippen LogP) is 0.447. The fraction of sp³-hybridized carbons (Fsp3) is 0.545. The highest BCUT2D eigenvalue weighted by molar-refractivity contribution is 5.52. The minimum Gasteiger partial charge on any atom is -0.379 e. The molecule has 0 aliphatic carbocycles. The number of pyridine rings is 1. The third-order valence-electron chi connectivity index (χ3n) is 2.97. The van der Waals surface area contributed by atoms with Crippen molar-refractivity contribution in [2.75, 3.05) is 38.6 Å². The first-order valence-corrected chi connectivity index (χ1v) is 5.85. The van der Waals surface area contributed by atoms with Crippen LogP contribution < -0.4 is 5.73 Å². The van der Waals surface area contributed by atoms with Gasteiger partial charge < -0.3 is 10.5 Å². The van der Waals surface area contributed by atoms with E-state index in [1.807, 2.05) is 0 Å². The number of aromatic nitrogens is 1. The molecule has 1 aliphatic rings. The zero-order valence-electron chi connectivity index (χ0n) is 10.0. The molecule has 98 valence electrons. The quantitative estimate of drug-likeness (QED) is 0.617. The van der Waals surface area contributed by atoms with Gasteiger partial charge in [-0.2, -0.15) is 0 Å². The first kappa shape index (κ1) is 12.7. The molecule has 0 saturated carbocycles. The van der Waals surface area contributed by atoms with Gasteiger partial charge in [-0.3, -0.25) is 15.0 Å². The maximum atomic E-state index is 10.7. The number of nitro groups is 1. The molecule has 1 aliphatic heterocycles. The SMILES string of the molecule is Nc1ncc(CCN2CCOCC2)cc1[N+](=O)[O-]. The Morgan fingerprint density at radius 2 is 2.22 bits per heavy atom. The van der Waals surface area contributed by atoms with Crippen molar-refractivity contribution >= 4 is 11.5 Å².